The predicted molar refractivity (Wildman–Crippen MR) is 86.6 cm³/mol. The van der Waals surface area contributed by atoms with E-state index in [1.807, 2.05) is 18.2 Å². The number of thioether (sulfide) groups is 1. The molecular formula is C16H22N2O2S. The van der Waals surface area contributed by atoms with Crippen LogP contribution in [0, 0.1) is 0 Å². The van der Waals surface area contributed by atoms with Crippen LogP contribution in [0.3, 0.4) is 0 Å². The Hall–Kier alpha value is -1.20. The molecule has 0 amide bonds. The number of rotatable bonds is 4. The molecule has 3 rings (SSSR count). The smallest absolute Gasteiger partial charge is 0.338 e. The summed E-state index contributed by atoms with van der Waals surface area (Å²) in [6.45, 7) is 6.20. The molecule has 2 aliphatic heterocycles. The van der Waals surface area contributed by atoms with Gasteiger partial charge in [-0.15, -0.1) is 11.8 Å². The quantitative estimate of drug-likeness (QED) is 0.867. The summed E-state index contributed by atoms with van der Waals surface area (Å²) in [7, 11) is 0. The van der Waals surface area contributed by atoms with Crippen molar-refractivity contribution in [1.29, 1.82) is 0 Å². The maximum Gasteiger partial charge on any atom is 0.338 e. The SMILES string of the molecule is CCSc1cccc(N2CCN3CCCC3C2)c1C(=O)O. The number of hydrogen-bond acceptors (Lipinski definition) is 4. The van der Waals surface area contributed by atoms with Crippen molar-refractivity contribution >= 4 is 23.4 Å². The molecule has 1 aromatic carbocycles. The van der Waals surface area contributed by atoms with Gasteiger partial charge in [0.25, 0.3) is 0 Å². The topological polar surface area (TPSA) is 43.8 Å². The molecule has 0 aliphatic carbocycles. The first kappa shape index (κ1) is 14.7. The number of carbonyl (C=O) groups is 1. The molecule has 0 bridgehead atoms. The summed E-state index contributed by atoms with van der Waals surface area (Å²) in [5.41, 5.74) is 1.38. The molecule has 4 nitrogen and oxygen atoms in total. The van der Waals surface area contributed by atoms with E-state index in [9.17, 15) is 9.90 Å². The largest absolute Gasteiger partial charge is 0.478 e. The highest BCUT2D eigenvalue weighted by Crippen LogP contribution is 2.33. The van der Waals surface area contributed by atoms with Crippen molar-refractivity contribution in [2.24, 2.45) is 0 Å². The highest BCUT2D eigenvalue weighted by Gasteiger charge is 2.32. The standard InChI is InChI=1S/C16H22N2O2S/c1-2-21-14-7-3-6-13(15(14)16(19)20)18-10-9-17-8-4-5-12(17)11-18/h3,6-7,12H,2,4-5,8-11H2,1H3,(H,19,20). The van der Waals surface area contributed by atoms with Crippen molar-refractivity contribution in [1.82, 2.24) is 4.90 Å². The summed E-state index contributed by atoms with van der Waals surface area (Å²) in [5, 5.41) is 9.64. The van der Waals surface area contributed by atoms with Crippen molar-refractivity contribution < 1.29 is 9.90 Å². The Balaban J connectivity index is 1.90. The van der Waals surface area contributed by atoms with E-state index in [1.165, 1.54) is 19.4 Å². The predicted octanol–water partition coefficient (Wildman–Crippen LogP) is 2.78. The lowest BCUT2D eigenvalue weighted by molar-refractivity contribution is 0.0693. The third-order valence-electron chi connectivity index (χ3n) is 4.45. The lowest BCUT2D eigenvalue weighted by atomic mass is 10.1. The molecule has 2 heterocycles. The summed E-state index contributed by atoms with van der Waals surface area (Å²) in [6.07, 6.45) is 2.51. The molecule has 114 valence electrons. The first-order valence-corrected chi connectivity index (χ1v) is 8.67. The summed E-state index contributed by atoms with van der Waals surface area (Å²) >= 11 is 1.61. The van der Waals surface area contributed by atoms with Gasteiger partial charge in [0.1, 0.15) is 0 Å². The van der Waals surface area contributed by atoms with Crippen LogP contribution in [0.4, 0.5) is 5.69 Å². The van der Waals surface area contributed by atoms with Gasteiger partial charge in [-0.1, -0.05) is 13.0 Å². The van der Waals surface area contributed by atoms with Gasteiger partial charge < -0.3 is 10.0 Å². The summed E-state index contributed by atoms with van der Waals surface area (Å²) in [6, 6.07) is 6.48. The molecule has 2 aliphatic rings. The van der Waals surface area contributed by atoms with E-state index in [0.29, 0.717) is 11.6 Å². The lowest BCUT2D eigenvalue weighted by Gasteiger charge is -2.39. The number of carboxylic acids is 1. The molecule has 1 atom stereocenters. The number of benzene rings is 1. The Kier molecular flexibility index (Phi) is 4.40. The molecule has 2 fully saturated rings. The number of aromatic carboxylic acids is 1. The minimum absolute atomic E-state index is 0.482. The van der Waals surface area contributed by atoms with Crippen molar-refractivity contribution in [2.45, 2.75) is 30.7 Å². The number of hydrogen-bond donors (Lipinski definition) is 1. The van der Waals surface area contributed by atoms with Crippen molar-refractivity contribution in [2.75, 3.05) is 36.8 Å². The lowest BCUT2D eigenvalue weighted by Crippen LogP contribution is -2.50. The highest BCUT2D eigenvalue weighted by atomic mass is 32.2. The van der Waals surface area contributed by atoms with Gasteiger partial charge in [0.2, 0.25) is 0 Å². The maximum absolute atomic E-state index is 11.7. The van der Waals surface area contributed by atoms with Gasteiger partial charge in [-0.25, -0.2) is 4.79 Å². The van der Waals surface area contributed by atoms with E-state index >= 15 is 0 Å². The van der Waals surface area contributed by atoms with Gasteiger partial charge in [0, 0.05) is 30.6 Å². The fraction of sp³-hybridized carbons (Fsp3) is 0.562. The van der Waals surface area contributed by atoms with Crippen LogP contribution in [0.2, 0.25) is 0 Å². The normalized spacial score (nSPS) is 22.3. The van der Waals surface area contributed by atoms with Crippen molar-refractivity contribution in [3.63, 3.8) is 0 Å². The summed E-state index contributed by atoms with van der Waals surface area (Å²) in [5.74, 6) is 0.0792. The van der Waals surface area contributed by atoms with Gasteiger partial charge in [-0.3, -0.25) is 4.90 Å². The molecule has 0 spiro atoms. The van der Waals surface area contributed by atoms with Crippen LogP contribution in [0.25, 0.3) is 0 Å². The third-order valence-corrected chi connectivity index (χ3v) is 5.39. The summed E-state index contributed by atoms with van der Waals surface area (Å²) < 4.78 is 0. The van der Waals surface area contributed by atoms with Crippen LogP contribution in [0.1, 0.15) is 30.1 Å². The molecule has 0 aromatic heterocycles. The first-order valence-electron chi connectivity index (χ1n) is 7.68. The fourth-order valence-corrected chi connectivity index (χ4v) is 4.31. The third kappa shape index (κ3) is 2.90. The Bertz CT molecular complexity index is 535. The van der Waals surface area contributed by atoms with Crippen LogP contribution < -0.4 is 4.90 Å². The van der Waals surface area contributed by atoms with Crippen molar-refractivity contribution in [3.05, 3.63) is 23.8 Å². The van der Waals surface area contributed by atoms with E-state index < -0.39 is 5.97 Å². The van der Waals surface area contributed by atoms with Crippen LogP contribution in [-0.2, 0) is 0 Å². The van der Waals surface area contributed by atoms with E-state index in [1.54, 1.807) is 11.8 Å². The molecule has 2 saturated heterocycles. The van der Waals surface area contributed by atoms with Gasteiger partial charge in [-0.2, -0.15) is 0 Å². The zero-order chi connectivity index (χ0) is 14.8. The Morgan fingerprint density at radius 1 is 1.38 bits per heavy atom. The molecule has 1 unspecified atom stereocenters. The molecule has 0 radical (unpaired) electrons. The van der Waals surface area contributed by atoms with Crippen LogP contribution in [-0.4, -0.2) is 53.9 Å². The van der Waals surface area contributed by atoms with Gasteiger partial charge in [0.05, 0.1) is 11.3 Å². The molecule has 1 N–H and O–H groups in total. The fourth-order valence-electron chi connectivity index (χ4n) is 3.48. The molecule has 5 heteroatoms. The zero-order valence-electron chi connectivity index (χ0n) is 12.4. The minimum Gasteiger partial charge on any atom is -0.478 e. The van der Waals surface area contributed by atoms with Crippen LogP contribution in [0.5, 0.6) is 0 Å². The monoisotopic (exact) mass is 306 g/mol. The molecule has 1 aromatic rings. The van der Waals surface area contributed by atoms with Gasteiger partial charge in [0.15, 0.2) is 0 Å². The second kappa shape index (κ2) is 6.28. The molecular weight excluding hydrogens is 284 g/mol. The maximum atomic E-state index is 11.7. The number of fused-ring (bicyclic) bond motifs is 1. The minimum atomic E-state index is -0.810. The number of nitrogens with zero attached hydrogens (tertiary/aromatic N) is 2. The molecule has 21 heavy (non-hydrogen) atoms. The van der Waals surface area contributed by atoms with E-state index in [-0.39, 0.29) is 0 Å². The van der Waals surface area contributed by atoms with Gasteiger partial charge >= 0.3 is 5.97 Å². The highest BCUT2D eigenvalue weighted by molar-refractivity contribution is 7.99. The zero-order valence-corrected chi connectivity index (χ0v) is 13.2. The Morgan fingerprint density at radius 3 is 3.00 bits per heavy atom. The van der Waals surface area contributed by atoms with E-state index in [0.717, 1.165) is 36.0 Å². The summed E-state index contributed by atoms with van der Waals surface area (Å²) in [4.78, 5) is 17.4. The molecule has 0 saturated carbocycles. The second-order valence-corrected chi connectivity index (χ2v) is 6.97. The van der Waals surface area contributed by atoms with E-state index in [2.05, 4.69) is 16.7 Å². The van der Waals surface area contributed by atoms with Gasteiger partial charge in [-0.05, 0) is 37.3 Å². The number of piperazine rings is 1. The average molecular weight is 306 g/mol. The number of carboxylic acid groups (broad SMARTS) is 1. The Morgan fingerprint density at radius 2 is 2.24 bits per heavy atom. The van der Waals surface area contributed by atoms with Crippen molar-refractivity contribution in [3.8, 4) is 0 Å². The Labute approximate surface area is 130 Å². The van der Waals surface area contributed by atoms with E-state index in [4.69, 9.17) is 0 Å². The average Bonchev–Trinajstić information content (AvgIpc) is 2.94. The second-order valence-electron chi connectivity index (χ2n) is 5.67. The number of anilines is 1. The van der Waals surface area contributed by atoms with Crippen LogP contribution in [0.15, 0.2) is 23.1 Å². The first-order chi connectivity index (χ1) is 10.2. The van der Waals surface area contributed by atoms with Crippen LogP contribution >= 0.6 is 11.8 Å².